The second-order valence-corrected chi connectivity index (χ2v) is 14.4. The molecule has 0 bridgehead atoms. The van der Waals surface area contributed by atoms with E-state index < -0.39 is 128 Å². The van der Waals surface area contributed by atoms with Gasteiger partial charge in [-0.1, -0.05) is 12.1 Å². The molecule has 1 aliphatic carbocycles. The molecular weight excluding hydrogens is 872 g/mol. The first-order chi connectivity index (χ1) is 30.9. The van der Waals surface area contributed by atoms with Gasteiger partial charge in [-0.25, -0.2) is 4.79 Å². The molecule has 2 fully saturated rings. The van der Waals surface area contributed by atoms with Crippen molar-refractivity contribution in [3.8, 4) is 45.6 Å². The molecule has 346 valence electrons. The third kappa shape index (κ3) is 11.9. The Bertz CT molecular complexity index is 2410. The molecule has 3 heterocycles. The highest BCUT2D eigenvalue weighted by Gasteiger charge is 2.49. The molecule has 2 aromatic carbocycles. The Morgan fingerprint density at radius 3 is 1.85 bits per heavy atom. The number of benzene rings is 3. The van der Waals surface area contributed by atoms with Crippen LogP contribution in [0.25, 0.3) is 28.7 Å². The standard InChI is InChI=1S/C42H40O23/c43-20-6-1-18(2-7-20)3-10-31(50)58-16-27-34(53)35(54)37(56)41(63-27)62-26-13-23-24(60-39(26)19-4-8-21(44)9-5-19)11-22(45)12-25(23)61-42-38(57)36(55)40(65-33(52)15-30(48)49)28(64-42)17-59-32(51)14-29(46)47/h1-13,27-28,34-38,40-44,53-57H,14-17H2,(H,46,47)(H,48,49). The molecule has 0 radical (unpaired) electrons. The normalized spacial score (nSPS) is 25.4. The van der Waals surface area contributed by atoms with E-state index in [0.717, 1.165) is 18.2 Å². The number of aromatic hydroxyl groups is 2. The molecule has 10 unspecified atom stereocenters. The summed E-state index contributed by atoms with van der Waals surface area (Å²) in [6.07, 6.45) is -18.9. The molecule has 23 nitrogen and oxygen atoms in total. The van der Waals surface area contributed by atoms with Crippen molar-refractivity contribution in [2.24, 2.45) is 0 Å². The number of hydrogen-bond donors (Lipinski definition) is 9. The summed E-state index contributed by atoms with van der Waals surface area (Å²) < 4.78 is 44.6. The van der Waals surface area contributed by atoms with Gasteiger partial charge >= 0.3 is 29.8 Å². The largest absolute Gasteiger partial charge is 0.508 e. The van der Waals surface area contributed by atoms with Gasteiger partial charge in [0.1, 0.15) is 91.8 Å². The lowest BCUT2D eigenvalue weighted by atomic mass is 9.98. The van der Waals surface area contributed by atoms with Crippen LogP contribution < -0.4 is 14.9 Å². The van der Waals surface area contributed by atoms with E-state index in [4.69, 9.17) is 47.8 Å². The lowest BCUT2D eigenvalue weighted by molar-refractivity contribution is -0.282. The highest BCUT2D eigenvalue weighted by atomic mass is 16.7. The van der Waals surface area contributed by atoms with E-state index in [2.05, 4.69) is 0 Å². The number of fused-ring (bicyclic) bond motifs is 1. The molecule has 10 atom stereocenters. The quantitative estimate of drug-likeness (QED) is 0.0296. The molecule has 3 aliphatic heterocycles. The van der Waals surface area contributed by atoms with Gasteiger partial charge in [0.2, 0.25) is 12.6 Å². The third-order valence-electron chi connectivity index (χ3n) is 9.68. The van der Waals surface area contributed by atoms with E-state index >= 15 is 0 Å². The Morgan fingerprint density at radius 1 is 0.631 bits per heavy atom. The van der Waals surface area contributed by atoms with Crippen LogP contribution in [0.3, 0.4) is 0 Å². The molecule has 6 rings (SSSR count). The smallest absolute Gasteiger partial charge is 0.330 e. The molecule has 9 N–H and O–H groups in total. The molecule has 23 heteroatoms. The summed E-state index contributed by atoms with van der Waals surface area (Å²) in [7, 11) is 0. The first-order valence-corrected chi connectivity index (χ1v) is 19.2. The Kier molecular flexibility index (Phi) is 15.0. The molecule has 2 aromatic rings. The minimum atomic E-state index is -2.15. The minimum absolute atomic E-state index is 0.00499. The van der Waals surface area contributed by atoms with Crippen LogP contribution in [-0.2, 0) is 47.7 Å². The zero-order valence-corrected chi connectivity index (χ0v) is 33.3. The van der Waals surface area contributed by atoms with Crippen molar-refractivity contribution in [3.63, 3.8) is 0 Å². The number of carboxylic acids is 2. The Morgan fingerprint density at radius 2 is 1.20 bits per heavy atom. The van der Waals surface area contributed by atoms with Crippen LogP contribution in [0.15, 0.2) is 82.0 Å². The van der Waals surface area contributed by atoms with Gasteiger partial charge in [0, 0.05) is 23.8 Å². The molecule has 0 spiro atoms. The van der Waals surface area contributed by atoms with Gasteiger partial charge in [-0.05, 0) is 54.1 Å². The summed E-state index contributed by atoms with van der Waals surface area (Å²) in [6, 6.07) is 14.3. The van der Waals surface area contributed by atoms with Gasteiger partial charge in [0.25, 0.3) is 0 Å². The average Bonchev–Trinajstić information content (AvgIpc) is 3.25. The number of carbonyl (C=O) groups excluding carboxylic acids is 3. The molecule has 0 saturated carbocycles. The van der Waals surface area contributed by atoms with Gasteiger partial charge in [-0.2, -0.15) is 0 Å². The predicted octanol–water partition coefficient (Wildman–Crippen LogP) is -0.504. The Hall–Kier alpha value is -7.12. The number of esters is 3. The lowest BCUT2D eigenvalue weighted by Gasteiger charge is -2.41. The summed E-state index contributed by atoms with van der Waals surface area (Å²) in [5.74, 6) is -8.07. The van der Waals surface area contributed by atoms with Crippen LogP contribution in [0.2, 0.25) is 0 Å². The topological polar surface area (TPSA) is 362 Å². The van der Waals surface area contributed by atoms with Crippen LogP contribution in [0.4, 0.5) is 0 Å². The zero-order valence-electron chi connectivity index (χ0n) is 33.3. The van der Waals surface area contributed by atoms with Gasteiger partial charge in [0.05, 0.1) is 5.56 Å². The maximum atomic E-state index is 13.0. The fourth-order valence-corrected chi connectivity index (χ4v) is 6.47. The number of rotatable bonds is 16. The average molecular weight is 913 g/mol. The van der Waals surface area contributed by atoms with Crippen LogP contribution in [0.1, 0.15) is 18.4 Å². The first-order valence-electron chi connectivity index (χ1n) is 19.2. The maximum Gasteiger partial charge on any atom is 0.330 e. The molecule has 0 aromatic heterocycles. The summed E-state index contributed by atoms with van der Waals surface area (Å²) >= 11 is 0. The van der Waals surface area contributed by atoms with Gasteiger partial charge in [-0.3, -0.25) is 24.0 Å². The third-order valence-corrected chi connectivity index (χ3v) is 9.68. The predicted molar refractivity (Wildman–Crippen MR) is 211 cm³/mol. The molecule has 4 aliphatic rings. The van der Waals surface area contributed by atoms with Gasteiger partial charge in [0.15, 0.2) is 23.0 Å². The van der Waals surface area contributed by atoms with Gasteiger partial charge in [-0.15, -0.1) is 0 Å². The summed E-state index contributed by atoms with van der Waals surface area (Å²) in [5.41, 5.74) is -0.152. The Balaban J connectivity index is 1.30. The van der Waals surface area contributed by atoms with Crippen LogP contribution in [0.5, 0.6) is 23.0 Å². The van der Waals surface area contributed by atoms with Crippen LogP contribution >= 0.6 is 0 Å². The van der Waals surface area contributed by atoms with E-state index in [1.165, 1.54) is 60.7 Å². The summed E-state index contributed by atoms with van der Waals surface area (Å²) in [5, 5.41) is 92.1. The van der Waals surface area contributed by atoms with Gasteiger partial charge < -0.3 is 83.5 Å². The number of ether oxygens (including phenoxy) is 7. The fraction of sp³-hybridized carbons (Fsp3) is 0.333. The van der Waals surface area contributed by atoms with E-state index in [0.29, 0.717) is 5.56 Å². The SMILES string of the molecule is O=C(O)CC(=O)OCC1OC(Oc2cc(=O)cc3oc(-c4ccc(O)cc4)c(OC4OC(COC(=O)C=Cc5ccc(O)cc5)C(O)C(O)C4O)cc2-3)C(O)C(O)C1OC(=O)CC(=O)O. The second-order valence-electron chi connectivity index (χ2n) is 14.4. The Labute approximate surface area is 364 Å². The number of hydrogen-bond acceptors (Lipinski definition) is 21. The number of aliphatic carboxylic acids is 2. The van der Waals surface area contributed by atoms with Crippen LogP contribution in [0, 0.1) is 0 Å². The monoisotopic (exact) mass is 912 g/mol. The summed E-state index contributed by atoms with van der Waals surface area (Å²) in [4.78, 5) is 72.0. The highest BCUT2D eigenvalue weighted by molar-refractivity contribution is 5.91. The number of aliphatic hydroxyl groups excluding tert-OH is 5. The van der Waals surface area contributed by atoms with Crippen molar-refractivity contribution in [1.82, 2.24) is 0 Å². The number of phenolic OH excluding ortho intramolecular Hbond substituents is 2. The van der Waals surface area contributed by atoms with Crippen molar-refractivity contribution < 1.29 is 108 Å². The van der Waals surface area contributed by atoms with Crippen LogP contribution in [-0.4, -0.2) is 150 Å². The van der Waals surface area contributed by atoms with E-state index in [1.54, 1.807) is 0 Å². The molecule has 2 saturated heterocycles. The number of aliphatic hydroxyl groups is 5. The molecular formula is C42H40O23. The number of carbonyl (C=O) groups is 5. The molecule has 65 heavy (non-hydrogen) atoms. The fourth-order valence-electron chi connectivity index (χ4n) is 6.47. The van der Waals surface area contributed by atoms with Crippen molar-refractivity contribution >= 4 is 35.9 Å². The van der Waals surface area contributed by atoms with E-state index in [9.17, 15) is 64.5 Å². The van der Waals surface area contributed by atoms with Crippen molar-refractivity contribution in [2.45, 2.75) is 74.3 Å². The molecule has 0 amide bonds. The first kappa shape index (κ1) is 47.4. The minimum Gasteiger partial charge on any atom is -0.508 e. The number of carboxylic acid groups (broad SMARTS) is 2. The van der Waals surface area contributed by atoms with Crippen molar-refractivity contribution in [3.05, 3.63) is 88.6 Å². The summed E-state index contributed by atoms with van der Waals surface area (Å²) in [6.45, 7) is -1.58. The zero-order chi connectivity index (χ0) is 47.1. The lowest BCUT2D eigenvalue weighted by Crippen LogP contribution is -2.61. The van der Waals surface area contributed by atoms with Crippen molar-refractivity contribution in [2.75, 3.05) is 13.2 Å². The maximum absolute atomic E-state index is 13.0. The second kappa shape index (κ2) is 20.6. The highest BCUT2D eigenvalue weighted by Crippen LogP contribution is 2.43. The van der Waals surface area contributed by atoms with Crippen molar-refractivity contribution in [1.29, 1.82) is 0 Å². The van der Waals surface area contributed by atoms with E-state index in [-0.39, 0.29) is 39.9 Å². The van der Waals surface area contributed by atoms with E-state index in [1.807, 2.05) is 0 Å². The number of phenols is 2.